The Morgan fingerprint density at radius 1 is 0.660 bits per heavy atom. The highest BCUT2D eigenvalue weighted by atomic mass is 16.4. The van der Waals surface area contributed by atoms with Crippen LogP contribution in [0.25, 0.3) is 0 Å². The molecule has 2 aliphatic heterocycles. The lowest BCUT2D eigenvalue weighted by Crippen LogP contribution is -2.37. The Kier molecular flexibility index (Phi) is 13.7. The minimum Gasteiger partial charge on any atom is -0.480 e. The van der Waals surface area contributed by atoms with Gasteiger partial charge >= 0.3 is 23.9 Å². The Morgan fingerprint density at radius 2 is 1.17 bits per heavy atom. The molecular formula is C41H51N4O8+. The second kappa shape index (κ2) is 17.9. The summed E-state index contributed by atoms with van der Waals surface area (Å²) in [6, 6.07) is 16.4. The van der Waals surface area contributed by atoms with Gasteiger partial charge in [-0.05, 0) is 38.0 Å². The van der Waals surface area contributed by atoms with Crippen molar-refractivity contribution in [3.63, 3.8) is 0 Å². The molecule has 0 radical (unpaired) electrons. The van der Waals surface area contributed by atoms with Crippen molar-refractivity contribution in [1.29, 1.82) is 0 Å². The predicted octanol–water partition coefficient (Wildman–Crippen LogP) is 5.14. The normalized spacial score (nSPS) is 16.9. The maximum absolute atomic E-state index is 11.3. The highest BCUT2D eigenvalue weighted by molar-refractivity contribution is 6.03. The van der Waals surface area contributed by atoms with Crippen LogP contribution >= 0.6 is 0 Å². The number of nitrogens with zero attached hydrogens (tertiary/aromatic N) is 4. The molecule has 0 spiro atoms. The van der Waals surface area contributed by atoms with Gasteiger partial charge in [-0.25, -0.2) is 0 Å². The Balaban J connectivity index is 1.49. The van der Waals surface area contributed by atoms with E-state index in [4.69, 9.17) is 0 Å². The van der Waals surface area contributed by atoms with Crippen LogP contribution in [0.5, 0.6) is 0 Å². The molecule has 53 heavy (non-hydrogen) atoms. The van der Waals surface area contributed by atoms with E-state index in [0.29, 0.717) is 39.0 Å². The molecule has 0 aromatic heterocycles. The summed E-state index contributed by atoms with van der Waals surface area (Å²) in [7, 11) is 0. The van der Waals surface area contributed by atoms with Crippen LogP contribution in [-0.2, 0) is 30.0 Å². The number of hydrogen-bond acceptors (Lipinski definition) is 7. The van der Waals surface area contributed by atoms with Crippen LogP contribution in [0, 0.1) is 0 Å². The van der Waals surface area contributed by atoms with Crippen LogP contribution in [0.4, 0.5) is 11.4 Å². The summed E-state index contributed by atoms with van der Waals surface area (Å²) in [4.78, 5) is 50.2. The first-order valence-electron chi connectivity index (χ1n) is 17.8. The van der Waals surface area contributed by atoms with Gasteiger partial charge in [-0.3, -0.25) is 29.0 Å². The average Bonchev–Trinajstić information content (AvgIpc) is 3.41. The van der Waals surface area contributed by atoms with E-state index < -0.39 is 23.9 Å². The fourth-order valence-corrected chi connectivity index (χ4v) is 7.35. The molecule has 282 valence electrons. The van der Waals surface area contributed by atoms with Gasteiger partial charge in [0.1, 0.15) is 0 Å². The molecule has 0 bridgehead atoms. The number of anilines is 1. The van der Waals surface area contributed by atoms with E-state index in [-0.39, 0.29) is 37.0 Å². The molecule has 4 N–H and O–H groups in total. The standard InChI is InChI=1S/C41H50N4O8/c1-40(2)30-16-10-12-18-32(30)44(24-14-22-42(26-36(46)47)27-37(48)49)34(40)20-8-6-5-7-9-21-35-41(3,4)31-17-11-13-19-33(31)45(35)25-15-23-43(28-38(50)51)29-39(52)53/h5-13,16-21H,14-15,22-29H2,1-4H3,(H3-,46,47,48,49,50,51,52,53)/p+1. The van der Waals surface area contributed by atoms with E-state index in [0.717, 1.165) is 22.8 Å². The molecule has 0 saturated carbocycles. The summed E-state index contributed by atoms with van der Waals surface area (Å²) in [5.41, 5.74) is 6.14. The number of fused-ring (bicyclic) bond motifs is 2. The fourth-order valence-electron chi connectivity index (χ4n) is 7.35. The molecule has 12 nitrogen and oxygen atoms in total. The molecule has 2 aromatic rings. The third-order valence-corrected chi connectivity index (χ3v) is 9.70. The monoisotopic (exact) mass is 727 g/mol. The number of rotatable bonds is 20. The third kappa shape index (κ3) is 10.4. The number of aliphatic carboxylic acids is 4. The topological polar surface area (TPSA) is 162 Å². The highest BCUT2D eigenvalue weighted by Gasteiger charge is 2.44. The van der Waals surface area contributed by atoms with Crippen LogP contribution in [0.2, 0.25) is 0 Å². The molecule has 0 unspecified atom stereocenters. The van der Waals surface area contributed by atoms with Crippen LogP contribution < -0.4 is 4.90 Å². The Morgan fingerprint density at radius 3 is 1.77 bits per heavy atom. The number of benzene rings is 2. The summed E-state index contributed by atoms with van der Waals surface area (Å²) in [6.45, 7) is 9.23. The quantitative estimate of drug-likeness (QED) is 0.106. The van der Waals surface area contributed by atoms with Gasteiger partial charge in [0, 0.05) is 60.6 Å². The van der Waals surface area contributed by atoms with E-state index in [1.54, 1.807) is 0 Å². The van der Waals surface area contributed by atoms with Gasteiger partial charge < -0.3 is 25.3 Å². The minimum absolute atomic E-state index is 0.284. The smallest absolute Gasteiger partial charge is 0.317 e. The third-order valence-electron chi connectivity index (χ3n) is 9.70. The minimum atomic E-state index is -1.06. The zero-order valence-electron chi connectivity index (χ0n) is 30.9. The van der Waals surface area contributed by atoms with Crippen molar-refractivity contribution in [3.05, 3.63) is 108 Å². The first-order chi connectivity index (χ1) is 25.1. The van der Waals surface area contributed by atoms with E-state index >= 15 is 0 Å². The Bertz CT molecular complexity index is 1810. The number of carboxylic acid groups (broad SMARTS) is 4. The lowest BCUT2D eigenvalue weighted by atomic mass is 9.81. The lowest BCUT2D eigenvalue weighted by molar-refractivity contribution is -0.438. The molecule has 0 amide bonds. The van der Waals surface area contributed by atoms with Crippen molar-refractivity contribution in [2.24, 2.45) is 0 Å². The molecule has 0 fully saturated rings. The summed E-state index contributed by atoms with van der Waals surface area (Å²) >= 11 is 0. The van der Waals surface area contributed by atoms with E-state index in [2.05, 4.69) is 73.6 Å². The van der Waals surface area contributed by atoms with E-state index in [1.165, 1.54) is 20.9 Å². The predicted molar refractivity (Wildman–Crippen MR) is 204 cm³/mol. The maximum atomic E-state index is 11.3. The van der Waals surface area contributed by atoms with Gasteiger partial charge in [0.2, 0.25) is 5.69 Å². The van der Waals surface area contributed by atoms with Gasteiger partial charge in [0.15, 0.2) is 12.3 Å². The van der Waals surface area contributed by atoms with Crippen LogP contribution in [0.1, 0.15) is 51.7 Å². The van der Waals surface area contributed by atoms with Crippen molar-refractivity contribution in [1.82, 2.24) is 9.80 Å². The fraction of sp³-hybridized carbons (Fsp3) is 0.390. The van der Waals surface area contributed by atoms with Crippen LogP contribution in [0.3, 0.4) is 0 Å². The molecule has 2 aliphatic rings. The van der Waals surface area contributed by atoms with Crippen molar-refractivity contribution >= 4 is 41.0 Å². The first-order valence-corrected chi connectivity index (χ1v) is 17.8. The van der Waals surface area contributed by atoms with Crippen molar-refractivity contribution in [3.8, 4) is 0 Å². The SMILES string of the molecule is CC1(C)C(/C=C/C=C/C=C/C=C2/N(CCCN(CC(=O)O)CC(=O)O)c3ccccc3C2(C)C)=[N+](CCCN(CC(=O)O)CC(=O)O)c2ccccc21. The lowest BCUT2D eigenvalue weighted by Gasteiger charge is -2.28. The van der Waals surface area contributed by atoms with Crippen LogP contribution in [-0.4, -0.2) is 117 Å². The summed E-state index contributed by atoms with van der Waals surface area (Å²) in [6.07, 6.45) is 15.2. The van der Waals surface area contributed by atoms with Gasteiger partial charge in [-0.15, -0.1) is 0 Å². The van der Waals surface area contributed by atoms with Gasteiger partial charge in [0.05, 0.1) is 31.6 Å². The second-order valence-electron chi connectivity index (χ2n) is 14.4. The zero-order valence-corrected chi connectivity index (χ0v) is 30.9. The molecule has 0 aliphatic carbocycles. The first kappa shape index (κ1) is 40.4. The van der Waals surface area contributed by atoms with Crippen molar-refractivity contribution in [2.75, 3.05) is 57.3 Å². The molecule has 2 aromatic carbocycles. The number of hydrogen-bond donors (Lipinski definition) is 4. The molecule has 0 atom stereocenters. The molecule has 0 saturated heterocycles. The molecule has 2 heterocycles. The highest BCUT2D eigenvalue weighted by Crippen LogP contribution is 2.47. The molecular weight excluding hydrogens is 676 g/mol. The van der Waals surface area contributed by atoms with E-state index in [9.17, 15) is 39.6 Å². The van der Waals surface area contributed by atoms with Gasteiger partial charge in [-0.1, -0.05) is 80.6 Å². The second-order valence-corrected chi connectivity index (χ2v) is 14.4. The van der Waals surface area contributed by atoms with Crippen LogP contribution in [0.15, 0.2) is 96.8 Å². The summed E-state index contributed by atoms with van der Waals surface area (Å²) in [5.74, 6) is -4.24. The Labute approximate surface area is 311 Å². The molecule has 12 heteroatoms. The summed E-state index contributed by atoms with van der Waals surface area (Å²) in [5, 5.41) is 36.9. The van der Waals surface area contributed by atoms with Gasteiger partial charge in [-0.2, -0.15) is 4.58 Å². The largest absolute Gasteiger partial charge is 0.480 e. The number of carboxylic acids is 4. The maximum Gasteiger partial charge on any atom is 0.317 e. The number of allylic oxidation sites excluding steroid dienone is 8. The number of carbonyl (C=O) groups is 4. The van der Waals surface area contributed by atoms with Gasteiger partial charge in [0.25, 0.3) is 0 Å². The van der Waals surface area contributed by atoms with E-state index in [1.807, 2.05) is 54.6 Å². The zero-order chi connectivity index (χ0) is 38.8. The summed E-state index contributed by atoms with van der Waals surface area (Å²) < 4.78 is 2.23. The number of para-hydroxylation sites is 2. The molecule has 4 rings (SSSR count). The average molecular weight is 728 g/mol. The van der Waals surface area contributed by atoms with Crippen molar-refractivity contribution < 1.29 is 44.2 Å². The Hall–Kier alpha value is -5.33. The van der Waals surface area contributed by atoms with Crippen molar-refractivity contribution in [2.45, 2.75) is 51.4 Å².